The van der Waals surface area contributed by atoms with Crippen molar-refractivity contribution in [2.45, 2.75) is 25.6 Å². The van der Waals surface area contributed by atoms with Crippen LogP contribution >= 0.6 is 0 Å². The molecule has 0 saturated carbocycles. The quantitative estimate of drug-likeness (QED) is 0.561. The van der Waals surface area contributed by atoms with E-state index in [-0.39, 0.29) is 6.61 Å². The summed E-state index contributed by atoms with van der Waals surface area (Å²) in [4.78, 5) is 10.9. The molecule has 1 amide bonds. The number of hydrogen-bond acceptors (Lipinski definition) is 2. The molecule has 0 bridgehead atoms. The van der Waals surface area contributed by atoms with Crippen molar-refractivity contribution in [2.75, 3.05) is 6.61 Å². The molecule has 0 spiro atoms. The van der Waals surface area contributed by atoms with Crippen LogP contribution in [0.3, 0.4) is 0 Å². The Bertz CT molecular complexity index is 181. The van der Waals surface area contributed by atoms with Gasteiger partial charge in [0.2, 0.25) is 0 Å². The summed E-state index contributed by atoms with van der Waals surface area (Å²) in [6.07, 6.45) is 0. The molecule has 2 N–H and O–H groups in total. The first kappa shape index (κ1) is 8.46. The molecule has 0 aromatic heterocycles. The van der Waals surface area contributed by atoms with Gasteiger partial charge in [0, 0.05) is 5.92 Å². The standard InChI is InChI=1S/C7H12FNO2/c1-4-5(3-10)9-6(11)7(4,2)8/h4-5,10H,3H2,1-2H3,(H,9,11)/t4-,5+,7+/m0/s1. The number of nitrogens with one attached hydrogen (secondary N) is 1. The molecule has 3 atom stereocenters. The molecular formula is C7H12FNO2. The van der Waals surface area contributed by atoms with E-state index in [1.54, 1.807) is 6.92 Å². The number of alkyl halides is 1. The Morgan fingerprint density at radius 3 is 2.55 bits per heavy atom. The van der Waals surface area contributed by atoms with E-state index in [9.17, 15) is 9.18 Å². The van der Waals surface area contributed by atoms with Crippen LogP contribution in [-0.2, 0) is 4.79 Å². The Hall–Kier alpha value is -0.640. The van der Waals surface area contributed by atoms with Crippen molar-refractivity contribution in [3.05, 3.63) is 0 Å². The van der Waals surface area contributed by atoms with E-state index < -0.39 is 23.5 Å². The fourth-order valence-corrected chi connectivity index (χ4v) is 1.22. The third-order valence-electron chi connectivity index (χ3n) is 2.42. The highest BCUT2D eigenvalue weighted by Gasteiger charge is 2.49. The van der Waals surface area contributed by atoms with Gasteiger partial charge in [-0.3, -0.25) is 4.79 Å². The van der Waals surface area contributed by atoms with E-state index in [1.165, 1.54) is 6.92 Å². The lowest BCUT2D eigenvalue weighted by Crippen LogP contribution is -2.33. The van der Waals surface area contributed by atoms with Gasteiger partial charge >= 0.3 is 0 Å². The summed E-state index contributed by atoms with van der Waals surface area (Å²) in [5.41, 5.74) is -1.83. The number of amides is 1. The lowest BCUT2D eigenvalue weighted by atomic mass is 9.91. The number of hydrogen-bond donors (Lipinski definition) is 2. The van der Waals surface area contributed by atoms with Crippen molar-refractivity contribution in [1.82, 2.24) is 5.32 Å². The second-order valence-corrected chi connectivity index (χ2v) is 3.13. The summed E-state index contributed by atoms with van der Waals surface area (Å²) in [5, 5.41) is 11.1. The van der Waals surface area contributed by atoms with Crippen molar-refractivity contribution in [1.29, 1.82) is 0 Å². The van der Waals surface area contributed by atoms with Crippen LogP contribution < -0.4 is 5.32 Å². The number of carbonyl (C=O) groups is 1. The van der Waals surface area contributed by atoms with Gasteiger partial charge in [0.1, 0.15) is 0 Å². The average Bonchev–Trinajstić information content (AvgIpc) is 2.14. The van der Waals surface area contributed by atoms with Gasteiger partial charge in [-0.05, 0) is 6.92 Å². The third kappa shape index (κ3) is 1.11. The second-order valence-electron chi connectivity index (χ2n) is 3.13. The second kappa shape index (κ2) is 2.44. The highest BCUT2D eigenvalue weighted by molar-refractivity contribution is 5.87. The topological polar surface area (TPSA) is 49.3 Å². The predicted molar refractivity (Wildman–Crippen MR) is 37.7 cm³/mol. The molecule has 0 aromatic carbocycles. The monoisotopic (exact) mass is 161 g/mol. The summed E-state index contributed by atoms with van der Waals surface area (Å²) in [6.45, 7) is 2.65. The van der Waals surface area contributed by atoms with Gasteiger partial charge in [-0.15, -0.1) is 0 Å². The van der Waals surface area contributed by atoms with Gasteiger partial charge in [0.15, 0.2) is 5.67 Å². The molecule has 0 unspecified atom stereocenters. The molecule has 1 aliphatic heterocycles. The molecule has 11 heavy (non-hydrogen) atoms. The minimum Gasteiger partial charge on any atom is -0.394 e. The van der Waals surface area contributed by atoms with Crippen LogP contribution in [0.15, 0.2) is 0 Å². The molecule has 4 heteroatoms. The summed E-state index contributed by atoms with van der Waals surface area (Å²) < 4.78 is 13.3. The Morgan fingerprint density at radius 1 is 1.82 bits per heavy atom. The summed E-state index contributed by atoms with van der Waals surface area (Å²) in [7, 11) is 0. The first-order valence-corrected chi connectivity index (χ1v) is 3.61. The molecule has 0 aromatic rings. The van der Waals surface area contributed by atoms with E-state index in [2.05, 4.69) is 5.32 Å². The molecule has 1 saturated heterocycles. The minimum absolute atomic E-state index is 0.202. The first-order chi connectivity index (χ1) is 5.00. The zero-order valence-electron chi connectivity index (χ0n) is 6.60. The zero-order chi connectivity index (χ0) is 8.65. The van der Waals surface area contributed by atoms with Gasteiger partial charge in [0.25, 0.3) is 5.91 Å². The van der Waals surface area contributed by atoms with E-state index in [0.29, 0.717) is 0 Å². The molecule has 1 fully saturated rings. The Balaban J connectivity index is 2.80. The summed E-state index contributed by atoms with van der Waals surface area (Å²) in [5.74, 6) is -1.08. The van der Waals surface area contributed by atoms with Crippen molar-refractivity contribution < 1.29 is 14.3 Å². The van der Waals surface area contributed by atoms with Gasteiger partial charge in [-0.2, -0.15) is 0 Å². The highest BCUT2D eigenvalue weighted by Crippen LogP contribution is 2.30. The van der Waals surface area contributed by atoms with Crippen LogP contribution in [0.2, 0.25) is 0 Å². The summed E-state index contributed by atoms with van der Waals surface area (Å²) >= 11 is 0. The number of carbonyl (C=O) groups excluding carboxylic acids is 1. The maximum absolute atomic E-state index is 13.3. The van der Waals surface area contributed by atoms with Gasteiger partial charge < -0.3 is 10.4 Å². The Kier molecular flexibility index (Phi) is 1.88. The Morgan fingerprint density at radius 2 is 2.36 bits per heavy atom. The fraction of sp³-hybridized carbons (Fsp3) is 0.857. The minimum atomic E-state index is -1.83. The van der Waals surface area contributed by atoms with Crippen LogP contribution in [0.1, 0.15) is 13.8 Å². The van der Waals surface area contributed by atoms with Crippen molar-refractivity contribution >= 4 is 5.91 Å². The molecule has 1 rings (SSSR count). The number of rotatable bonds is 1. The van der Waals surface area contributed by atoms with E-state index in [1.807, 2.05) is 0 Å². The van der Waals surface area contributed by atoms with Gasteiger partial charge in [-0.25, -0.2) is 4.39 Å². The van der Waals surface area contributed by atoms with E-state index >= 15 is 0 Å². The van der Waals surface area contributed by atoms with E-state index in [0.717, 1.165) is 0 Å². The van der Waals surface area contributed by atoms with Gasteiger partial charge in [0.05, 0.1) is 12.6 Å². The fourth-order valence-electron chi connectivity index (χ4n) is 1.22. The lowest BCUT2D eigenvalue weighted by molar-refractivity contribution is -0.129. The first-order valence-electron chi connectivity index (χ1n) is 3.61. The summed E-state index contributed by atoms with van der Waals surface area (Å²) in [6, 6.07) is -0.433. The smallest absolute Gasteiger partial charge is 0.258 e. The van der Waals surface area contributed by atoms with E-state index in [4.69, 9.17) is 5.11 Å². The van der Waals surface area contributed by atoms with Gasteiger partial charge in [-0.1, -0.05) is 6.92 Å². The molecule has 0 aliphatic carbocycles. The van der Waals surface area contributed by atoms with Crippen LogP contribution in [0, 0.1) is 5.92 Å². The van der Waals surface area contributed by atoms with Crippen LogP contribution in [0.5, 0.6) is 0 Å². The number of aliphatic hydroxyl groups excluding tert-OH is 1. The highest BCUT2D eigenvalue weighted by atomic mass is 19.1. The maximum atomic E-state index is 13.3. The lowest BCUT2D eigenvalue weighted by Gasteiger charge is -2.17. The predicted octanol–water partition coefficient (Wildman–Crippen LogP) is -0.159. The molecule has 1 aliphatic rings. The normalized spacial score (nSPS) is 44.2. The molecule has 3 nitrogen and oxygen atoms in total. The zero-order valence-corrected chi connectivity index (χ0v) is 6.60. The molecule has 0 radical (unpaired) electrons. The van der Waals surface area contributed by atoms with Crippen LogP contribution in [-0.4, -0.2) is 29.3 Å². The number of aliphatic hydroxyl groups is 1. The SMILES string of the molecule is C[C@H]1[C@@H](CO)NC(=O)[C@]1(C)F. The molecule has 64 valence electrons. The van der Waals surface area contributed by atoms with Crippen LogP contribution in [0.25, 0.3) is 0 Å². The molecular weight excluding hydrogens is 149 g/mol. The third-order valence-corrected chi connectivity index (χ3v) is 2.42. The average molecular weight is 161 g/mol. The Labute approximate surface area is 64.6 Å². The van der Waals surface area contributed by atoms with Crippen molar-refractivity contribution in [3.63, 3.8) is 0 Å². The number of halogens is 1. The van der Waals surface area contributed by atoms with Crippen molar-refractivity contribution in [3.8, 4) is 0 Å². The van der Waals surface area contributed by atoms with Crippen molar-refractivity contribution in [2.24, 2.45) is 5.92 Å². The molecule has 1 heterocycles. The maximum Gasteiger partial charge on any atom is 0.258 e. The van der Waals surface area contributed by atoms with Crippen LogP contribution in [0.4, 0.5) is 4.39 Å². The largest absolute Gasteiger partial charge is 0.394 e.